The summed E-state index contributed by atoms with van der Waals surface area (Å²) in [7, 11) is 1.60. The number of ether oxygens (including phenoxy) is 1. The summed E-state index contributed by atoms with van der Waals surface area (Å²) in [6.07, 6.45) is 3.47. The summed E-state index contributed by atoms with van der Waals surface area (Å²) in [5.74, 6) is -0.358. The number of nitrogens with one attached hydrogen (secondary N) is 1. The molecule has 5 rings (SSSR count). The molecule has 0 bridgehead atoms. The summed E-state index contributed by atoms with van der Waals surface area (Å²) in [4.78, 5) is 44.3. The maximum Gasteiger partial charge on any atom is 0.257 e. The van der Waals surface area contributed by atoms with Crippen molar-refractivity contribution in [1.82, 2.24) is 4.98 Å². The number of fused-ring (bicyclic) bond motifs is 2. The van der Waals surface area contributed by atoms with Gasteiger partial charge < -0.3 is 4.74 Å². The molecule has 31 heavy (non-hydrogen) atoms. The van der Waals surface area contributed by atoms with Gasteiger partial charge in [0.15, 0.2) is 5.13 Å². The van der Waals surface area contributed by atoms with E-state index < -0.39 is 0 Å². The van der Waals surface area contributed by atoms with Crippen molar-refractivity contribution in [3.05, 3.63) is 48.0 Å². The average molecular weight is 436 g/mol. The number of carbonyl (C=O) groups excluding carboxylic acids is 3. The molecule has 2 atom stereocenters. The number of aromatic nitrogens is 1. The number of thiazole rings is 1. The van der Waals surface area contributed by atoms with Gasteiger partial charge in [0.1, 0.15) is 5.75 Å². The van der Waals surface area contributed by atoms with Gasteiger partial charge in [-0.05, 0) is 49.2 Å². The molecule has 2 aliphatic rings. The molecule has 8 heteroatoms. The molecule has 3 amide bonds. The summed E-state index contributed by atoms with van der Waals surface area (Å²) in [5.41, 5.74) is 1.58. The second-order valence-corrected chi connectivity index (χ2v) is 8.90. The van der Waals surface area contributed by atoms with Crippen molar-refractivity contribution in [2.24, 2.45) is 11.8 Å². The van der Waals surface area contributed by atoms with Crippen molar-refractivity contribution in [1.29, 1.82) is 0 Å². The van der Waals surface area contributed by atoms with Gasteiger partial charge >= 0.3 is 0 Å². The normalized spacial score (nSPS) is 20.7. The third-order valence-corrected chi connectivity index (χ3v) is 6.96. The number of methoxy groups -OCH3 is 1. The van der Waals surface area contributed by atoms with Crippen molar-refractivity contribution in [3.8, 4) is 5.75 Å². The van der Waals surface area contributed by atoms with Crippen LogP contribution in [0.3, 0.4) is 0 Å². The number of nitrogens with zero attached hydrogens (tertiary/aromatic N) is 2. The summed E-state index contributed by atoms with van der Waals surface area (Å²) in [6.45, 7) is 0. The first-order valence-electron chi connectivity index (χ1n) is 10.3. The SMILES string of the molecule is COc1ccc2nc(NC(=O)c3cccc(N4C(=O)[C@H]5CCCC[C@@H]5C4=O)c3)sc2c1. The van der Waals surface area contributed by atoms with Crippen molar-refractivity contribution < 1.29 is 19.1 Å². The Morgan fingerprint density at radius 2 is 1.84 bits per heavy atom. The highest BCUT2D eigenvalue weighted by molar-refractivity contribution is 7.22. The van der Waals surface area contributed by atoms with Crippen LogP contribution < -0.4 is 15.0 Å². The molecule has 158 valence electrons. The third-order valence-electron chi connectivity index (χ3n) is 6.02. The number of hydrogen-bond acceptors (Lipinski definition) is 6. The van der Waals surface area contributed by atoms with Crippen LogP contribution in [0.15, 0.2) is 42.5 Å². The maximum atomic E-state index is 12.9. The van der Waals surface area contributed by atoms with Crippen molar-refractivity contribution >= 4 is 50.1 Å². The van der Waals surface area contributed by atoms with Gasteiger partial charge in [0.2, 0.25) is 11.8 Å². The number of hydrogen-bond donors (Lipinski definition) is 1. The van der Waals surface area contributed by atoms with E-state index >= 15 is 0 Å². The summed E-state index contributed by atoms with van der Waals surface area (Å²) >= 11 is 1.35. The lowest BCUT2D eigenvalue weighted by molar-refractivity contribution is -0.122. The average Bonchev–Trinajstić information content (AvgIpc) is 3.31. The fraction of sp³-hybridized carbons (Fsp3) is 0.304. The Bertz CT molecular complexity index is 1180. The molecule has 2 aromatic carbocycles. The van der Waals surface area contributed by atoms with Crippen LogP contribution in [0.1, 0.15) is 36.0 Å². The van der Waals surface area contributed by atoms with E-state index in [4.69, 9.17) is 4.74 Å². The zero-order chi connectivity index (χ0) is 21.5. The highest BCUT2D eigenvalue weighted by Crippen LogP contribution is 2.40. The number of benzene rings is 2. The lowest BCUT2D eigenvalue weighted by atomic mass is 9.81. The lowest BCUT2D eigenvalue weighted by Gasteiger charge is -2.19. The molecular formula is C23H21N3O4S. The highest BCUT2D eigenvalue weighted by atomic mass is 32.1. The van der Waals surface area contributed by atoms with Crippen LogP contribution in [-0.4, -0.2) is 29.8 Å². The second kappa shape index (κ2) is 7.77. The molecule has 1 aliphatic carbocycles. The quantitative estimate of drug-likeness (QED) is 0.620. The van der Waals surface area contributed by atoms with Gasteiger partial charge in [0.25, 0.3) is 5.91 Å². The largest absolute Gasteiger partial charge is 0.497 e. The molecule has 1 saturated heterocycles. The third kappa shape index (κ3) is 3.46. The monoisotopic (exact) mass is 435 g/mol. The van der Waals surface area contributed by atoms with Crippen molar-refractivity contribution in [2.45, 2.75) is 25.7 Å². The zero-order valence-corrected chi connectivity index (χ0v) is 17.8. The summed E-state index contributed by atoms with van der Waals surface area (Å²) in [6, 6.07) is 12.2. The molecule has 2 fully saturated rings. The lowest BCUT2D eigenvalue weighted by Crippen LogP contribution is -2.31. The van der Waals surface area contributed by atoms with E-state index in [0.717, 1.165) is 41.6 Å². The fourth-order valence-electron chi connectivity index (χ4n) is 4.46. The van der Waals surface area contributed by atoms with E-state index in [0.29, 0.717) is 16.4 Å². The number of anilines is 2. The molecule has 7 nitrogen and oxygen atoms in total. The van der Waals surface area contributed by atoms with Gasteiger partial charge in [0.05, 0.1) is 34.8 Å². The highest BCUT2D eigenvalue weighted by Gasteiger charge is 2.48. The Labute approximate surface area is 183 Å². The Hall–Kier alpha value is -3.26. The van der Waals surface area contributed by atoms with E-state index in [1.54, 1.807) is 31.4 Å². The minimum Gasteiger partial charge on any atom is -0.497 e. The predicted molar refractivity (Wildman–Crippen MR) is 119 cm³/mol. The predicted octanol–water partition coefficient (Wildman–Crippen LogP) is 4.24. The van der Waals surface area contributed by atoms with Crippen LogP contribution in [0.5, 0.6) is 5.75 Å². The maximum absolute atomic E-state index is 12.9. The summed E-state index contributed by atoms with van der Waals surface area (Å²) in [5, 5.41) is 3.28. The smallest absolute Gasteiger partial charge is 0.257 e. The molecule has 0 spiro atoms. The standard InChI is InChI=1S/C23H21N3O4S/c1-30-15-9-10-18-19(12-15)31-23(24-18)25-20(27)13-5-4-6-14(11-13)26-21(28)16-7-2-3-8-17(16)22(26)29/h4-6,9-12,16-17H,2-3,7-8H2,1H3,(H,24,25,27)/t16-,17-/m0/s1. The molecule has 2 heterocycles. The van der Waals surface area contributed by atoms with Crippen LogP contribution in [-0.2, 0) is 9.59 Å². The van der Waals surface area contributed by atoms with Crippen molar-refractivity contribution in [2.75, 3.05) is 17.3 Å². The van der Waals surface area contributed by atoms with E-state index in [1.807, 2.05) is 18.2 Å². The first kappa shape index (κ1) is 19.7. The van der Waals surface area contributed by atoms with Crippen LogP contribution in [0.2, 0.25) is 0 Å². The molecule has 3 aromatic rings. The Balaban J connectivity index is 1.38. The van der Waals surface area contributed by atoms with E-state index in [9.17, 15) is 14.4 Å². The Morgan fingerprint density at radius 3 is 2.55 bits per heavy atom. The van der Waals surface area contributed by atoms with Gasteiger partial charge in [-0.15, -0.1) is 0 Å². The van der Waals surface area contributed by atoms with Gasteiger partial charge in [-0.1, -0.05) is 30.2 Å². The van der Waals surface area contributed by atoms with Crippen molar-refractivity contribution in [3.63, 3.8) is 0 Å². The van der Waals surface area contributed by atoms with Crippen LogP contribution in [0.25, 0.3) is 10.2 Å². The summed E-state index contributed by atoms with van der Waals surface area (Å²) < 4.78 is 6.13. The molecule has 0 radical (unpaired) electrons. The second-order valence-electron chi connectivity index (χ2n) is 7.87. The first-order valence-corrected chi connectivity index (χ1v) is 11.1. The Morgan fingerprint density at radius 1 is 1.10 bits per heavy atom. The van der Waals surface area contributed by atoms with Gasteiger partial charge in [-0.3, -0.25) is 24.6 Å². The van der Waals surface area contributed by atoms with Gasteiger partial charge in [-0.25, -0.2) is 4.98 Å². The fourth-order valence-corrected chi connectivity index (χ4v) is 5.35. The van der Waals surface area contributed by atoms with Crippen LogP contribution >= 0.6 is 11.3 Å². The number of imide groups is 1. The Kier molecular flexibility index (Phi) is 4.94. The van der Waals surface area contributed by atoms with Crippen LogP contribution in [0.4, 0.5) is 10.8 Å². The molecular weight excluding hydrogens is 414 g/mol. The van der Waals surface area contributed by atoms with Crippen LogP contribution in [0, 0.1) is 11.8 Å². The zero-order valence-electron chi connectivity index (χ0n) is 17.0. The number of carbonyl (C=O) groups is 3. The number of rotatable bonds is 4. The van der Waals surface area contributed by atoms with E-state index in [-0.39, 0.29) is 29.6 Å². The van der Waals surface area contributed by atoms with Gasteiger partial charge in [0, 0.05) is 5.56 Å². The minimum absolute atomic E-state index is 0.146. The topological polar surface area (TPSA) is 88.6 Å². The van der Waals surface area contributed by atoms with E-state index in [2.05, 4.69) is 10.3 Å². The number of amides is 3. The molecule has 1 aromatic heterocycles. The molecule has 0 unspecified atom stereocenters. The molecule has 1 aliphatic heterocycles. The first-order chi connectivity index (χ1) is 15.0. The molecule has 1 N–H and O–H groups in total. The molecule has 1 saturated carbocycles. The van der Waals surface area contributed by atoms with E-state index in [1.165, 1.54) is 16.2 Å². The van der Waals surface area contributed by atoms with Gasteiger partial charge in [-0.2, -0.15) is 0 Å². The minimum atomic E-state index is -0.343.